The number of amides is 1. The number of benzene rings is 2. The summed E-state index contributed by atoms with van der Waals surface area (Å²) in [6.07, 6.45) is 2.79. The van der Waals surface area contributed by atoms with Crippen molar-refractivity contribution in [1.29, 1.82) is 0 Å². The second-order valence-corrected chi connectivity index (χ2v) is 7.18. The number of fused-ring (bicyclic) bond motifs is 1. The number of carbonyl (C=O) groups excluding carboxylic acids is 1. The summed E-state index contributed by atoms with van der Waals surface area (Å²) < 4.78 is 1.01. The molecule has 2 aromatic carbocycles. The molecule has 8 heteroatoms. The number of nitrogens with one attached hydrogen (secondary N) is 1. The Hall–Kier alpha value is -2.77. The SMILES string of the molecule is Cc1cc(C)c2nc(NC(=O)/C=C/c3ccc(Cl)c([N+](=O)[O-])c3)sc2c1. The molecule has 0 saturated carbocycles. The van der Waals surface area contributed by atoms with Crippen molar-refractivity contribution in [3.05, 3.63) is 68.2 Å². The highest BCUT2D eigenvalue weighted by atomic mass is 35.5. The molecule has 1 heterocycles. The fourth-order valence-corrected chi connectivity index (χ4v) is 3.75. The summed E-state index contributed by atoms with van der Waals surface area (Å²) in [6, 6.07) is 8.41. The van der Waals surface area contributed by atoms with Crippen LogP contribution in [0.5, 0.6) is 0 Å². The molecule has 1 amide bonds. The van der Waals surface area contributed by atoms with E-state index in [4.69, 9.17) is 11.6 Å². The van der Waals surface area contributed by atoms with Gasteiger partial charge in [0.15, 0.2) is 5.13 Å². The molecule has 0 radical (unpaired) electrons. The van der Waals surface area contributed by atoms with Crippen LogP contribution in [-0.4, -0.2) is 15.8 Å². The minimum Gasteiger partial charge on any atom is -0.298 e. The molecule has 3 aromatic rings. The summed E-state index contributed by atoms with van der Waals surface area (Å²) in [5.74, 6) is -0.365. The van der Waals surface area contributed by atoms with Gasteiger partial charge >= 0.3 is 0 Å². The molecule has 0 saturated heterocycles. The first-order chi connectivity index (χ1) is 12.3. The Labute approximate surface area is 158 Å². The fraction of sp³-hybridized carbons (Fsp3) is 0.111. The predicted molar refractivity (Wildman–Crippen MR) is 105 cm³/mol. The van der Waals surface area contributed by atoms with Gasteiger partial charge in [0.05, 0.1) is 15.1 Å². The van der Waals surface area contributed by atoms with Crippen LogP contribution in [-0.2, 0) is 4.79 Å². The molecule has 1 N–H and O–H groups in total. The molecular weight excluding hydrogens is 374 g/mol. The van der Waals surface area contributed by atoms with Crippen molar-refractivity contribution in [1.82, 2.24) is 4.98 Å². The number of carbonyl (C=O) groups is 1. The number of nitro benzene ring substituents is 1. The molecule has 1 aromatic heterocycles. The lowest BCUT2D eigenvalue weighted by Crippen LogP contribution is -2.07. The van der Waals surface area contributed by atoms with E-state index in [-0.39, 0.29) is 16.6 Å². The predicted octanol–water partition coefficient (Wildman–Crippen LogP) is 5.13. The summed E-state index contributed by atoms with van der Waals surface area (Å²) in [5.41, 5.74) is 3.37. The van der Waals surface area contributed by atoms with E-state index in [1.807, 2.05) is 26.0 Å². The molecule has 3 rings (SSSR count). The van der Waals surface area contributed by atoms with Gasteiger partial charge < -0.3 is 0 Å². The first-order valence-electron chi connectivity index (χ1n) is 7.64. The van der Waals surface area contributed by atoms with Crippen LogP contribution in [0.3, 0.4) is 0 Å². The van der Waals surface area contributed by atoms with Gasteiger partial charge in [-0.05, 0) is 48.7 Å². The number of aromatic nitrogens is 1. The van der Waals surface area contributed by atoms with E-state index >= 15 is 0 Å². The smallest absolute Gasteiger partial charge is 0.288 e. The maximum absolute atomic E-state index is 12.1. The summed E-state index contributed by atoms with van der Waals surface area (Å²) in [7, 11) is 0. The van der Waals surface area contributed by atoms with Crippen LogP contribution in [0.1, 0.15) is 16.7 Å². The first-order valence-corrected chi connectivity index (χ1v) is 8.84. The third kappa shape index (κ3) is 3.89. The molecule has 0 unspecified atom stereocenters. The number of hydrogen-bond acceptors (Lipinski definition) is 5. The Morgan fingerprint density at radius 1 is 1.31 bits per heavy atom. The summed E-state index contributed by atoms with van der Waals surface area (Å²) >= 11 is 7.17. The fourth-order valence-electron chi connectivity index (χ4n) is 2.52. The highest BCUT2D eigenvalue weighted by Gasteiger charge is 2.12. The third-order valence-electron chi connectivity index (χ3n) is 3.65. The highest BCUT2D eigenvalue weighted by molar-refractivity contribution is 7.22. The average Bonchev–Trinajstić information content (AvgIpc) is 2.96. The van der Waals surface area contributed by atoms with E-state index in [2.05, 4.69) is 10.3 Å². The summed E-state index contributed by atoms with van der Waals surface area (Å²) in [5, 5.41) is 14.2. The van der Waals surface area contributed by atoms with Gasteiger partial charge in [-0.1, -0.05) is 35.1 Å². The van der Waals surface area contributed by atoms with Crippen LogP contribution in [0, 0.1) is 24.0 Å². The van der Waals surface area contributed by atoms with Crippen molar-refractivity contribution in [2.75, 3.05) is 5.32 Å². The number of aryl methyl sites for hydroxylation is 2. The Morgan fingerprint density at radius 2 is 2.08 bits per heavy atom. The largest absolute Gasteiger partial charge is 0.298 e. The van der Waals surface area contributed by atoms with Gasteiger partial charge in [0, 0.05) is 12.1 Å². The van der Waals surface area contributed by atoms with Crippen LogP contribution in [0.25, 0.3) is 16.3 Å². The number of hydrogen-bond donors (Lipinski definition) is 1. The lowest BCUT2D eigenvalue weighted by atomic mass is 10.1. The summed E-state index contributed by atoms with van der Waals surface area (Å²) in [6.45, 7) is 3.99. The van der Waals surface area contributed by atoms with Gasteiger partial charge in [0.2, 0.25) is 5.91 Å². The van der Waals surface area contributed by atoms with Crippen molar-refractivity contribution in [2.24, 2.45) is 0 Å². The van der Waals surface area contributed by atoms with Crippen molar-refractivity contribution in [3.8, 4) is 0 Å². The molecule has 0 bridgehead atoms. The quantitative estimate of drug-likeness (QED) is 0.382. The van der Waals surface area contributed by atoms with Crippen LogP contribution in [0.15, 0.2) is 36.4 Å². The molecule has 26 heavy (non-hydrogen) atoms. The second kappa shape index (κ2) is 7.23. The molecule has 0 aliphatic carbocycles. The van der Waals surface area contributed by atoms with Gasteiger partial charge in [-0.3, -0.25) is 20.2 Å². The summed E-state index contributed by atoms with van der Waals surface area (Å²) in [4.78, 5) is 26.9. The number of nitrogens with zero attached hydrogens (tertiary/aromatic N) is 2. The van der Waals surface area contributed by atoms with E-state index in [1.165, 1.54) is 35.6 Å². The Kier molecular flexibility index (Phi) is 5.01. The molecular formula is C18H14ClN3O3S. The minimum absolute atomic E-state index is 0.0525. The molecule has 132 valence electrons. The van der Waals surface area contributed by atoms with E-state index < -0.39 is 4.92 Å². The zero-order chi connectivity index (χ0) is 18.8. The van der Waals surface area contributed by atoms with Crippen LogP contribution in [0.2, 0.25) is 5.02 Å². The van der Waals surface area contributed by atoms with Crippen molar-refractivity contribution in [3.63, 3.8) is 0 Å². The lowest BCUT2D eigenvalue weighted by molar-refractivity contribution is -0.384. The van der Waals surface area contributed by atoms with Gasteiger partial charge in [-0.2, -0.15) is 0 Å². The molecule has 0 aliphatic heterocycles. The third-order valence-corrected chi connectivity index (χ3v) is 4.89. The van der Waals surface area contributed by atoms with Crippen LogP contribution >= 0.6 is 22.9 Å². The standard InChI is InChI=1S/C18H14ClN3O3S/c1-10-7-11(2)17-15(8-10)26-18(21-17)20-16(23)6-4-12-3-5-13(19)14(9-12)22(24)25/h3-9H,1-2H3,(H,20,21,23)/b6-4+. The molecule has 0 atom stereocenters. The first kappa shape index (κ1) is 18.0. The number of rotatable bonds is 4. The van der Waals surface area contributed by atoms with E-state index in [9.17, 15) is 14.9 Å². The van der Waals surface area contributed by atoms with Gasteiger partial charge in [0.25, 0.3) is 5.69 Å². The van der Waals surface area contributed by atoms with Gasteiger partial charge in [0.1, 0.15) is 5.02 Å². The Balaban J connectivity index is 1.77. The highest BCUT2D eigenvalue weighted by Crippen LogP contribution is 2.29. The number of halogens is 1. The minimum atomic E-state index is -0.564. The number of thiazole rings is 1. The van der Waals surface area contributed by atoms with Crippen LogP contribution in [0.4, 0.5) is 10.8 Å². The number of nitro groups is 1. The van der Waals surface area contributed by atoms with Gasteiger partial charge in [-0.15, -0.1) is 0 Å². The molecule has 0 aliphatic rings. The lowest BCUT2D eigenvalue weighted by Gasteiger charge is -1.98. The maximum atomic E-state index is 12.1. The van der Waals surface area contributed by atoms with E-state index in [0.29, 0.717) is 10.7 Å². The molecule has 0 spiro atoms. The van der Waals surface area contributed by atoms with E-state index in [0.717, 1.165) is 21.3 Å². The Bertz CT molecular complexity index is 1060. The zero-order valence-corrected chi connectivity index (χ0v) is 15.5. The maximum Gasteiger partial charge on any atom is 0.288 e. The second-order valence-electron chi connectivity index (χ2n) is 5.74. The number of anilines is 1. The monoisotopic (exact) mass is 387 g/mol. The Morgan fingerprint density at radius 3 is 2.81 bits per heavy atom. The topological polar surface area (TPSA) is 85.1 Å². The molecule has 6 nitrogen and oxygen atoms in total. The van der Waals surface area contributed by atoms with Crippen molar-refractivity contribution >= 4 is 56.0 Å². The van der Waals surface area contributed by atoms with Crippen molar-refractivity contribution < 1.29 is 9.72 Å². The van der Waals surface area contributed by atoms with Crippen molar-refractivity contribution in [2.45, 2.75) is 13.8 Å². The van der Waals surface area contributed by atoms with Gasteiger partial charge in [-0.25, -0.2) is 4.98 Å². The zero-order valence-electron chi connectivity index (χ0n) is 13.9. The van der Waals surface area contributed by atoms with Crippen LogP contribution < -0.4 is 5.32 Å². The average molecular weight is 388 g/mol. The molecule has 0 fully saturated rings. The van der Waals surface area contributed by atoms with E-state index in [1.54, 1.807) is 6.07 Å². The normalized spacial score (nSPS) is 11.2.